The first-order valence-electron chi connectivity index (χ1n) is 8.18. The number of sulfonamides is 1. The van der Waals surface area contributed by atoms with Crippen LogP contribution in [0.25, 0.3) is 0 Å². The van der Waals surface area contributed by atoms with Crippen LogP contribution in [0.4, 0.5) is 10.5 Å². The number of benzene rings is 1. The van der Waals surface area contributed by atoms with E-state index in [-0.39, 0.29) is 12.3 Å². The van der Waals surface area contributed by atoms with Crippen molar-refractivity contribution >= 4 is 21.7 Å². The van der Waals surface area contributed by atoms with Crippen molar-refractivity contribution in [2.24, 2.45) is 5.73 Å². The lowest BCUT2D eigenvalue weighted by Crippen LogP contribution is -2.36. The first-order valence-corrected chi connectivity index (χ1v) is 9.83. The van der Waals surface area contributed by atoms with Crippen molar-refractivity contribution in [1.82, 2.24) is 4.72 Å². The molecule has 2 amide bonds. The van der Waals surface area contributed by atoms with E-state index in [2.05, 4.69) is 16.1 Å². The van der Waals surface area contributed by atoms with Gasteiger partial charge in [-0.15, -0.1) is 0 Å². The van der Waals surface area contributed by atoms with E-state index in [1.807, 2.05) is 0 Å². The molecule has 3 rings (SSSR count). The zero-order valence-electron chi connectivity index (χ0n) is 13.2. The molecule has 0 spiro atoms. The summed E-state index contributed by atoms with van der Waals surface area (Å²) < 4.78 is 25.7. The molecule has 0 fully saturated rings. The van der Waals surface area contributed by atoms with Crippen LogP contribution in [-0.2, 0) is 35.7 Å². The summed E-state index contributed by atoms with van der Waals surface area (Å²) >= 11 is 0. The minimum absolute atomic E-state index is 0.137. The highest BCUT2D eigenvalue weighted by atomic mass is 32.2. The summed E-state index contributed by atoms with van der Waals surface area (Å²) in [4.78, 5) is 12.2. The van der Waals surface area contributed by atoms with Crippen molar-refractivity contribution in [2.45, 2.75) is 44.9 Å². The molecule has 0 aliphatic heterocycles. The molecule has 4 N–H and O–H groups in total. The van der Waals surface area contributed by atoms with Crippen LogP contribution in [0.5, 0.6) is 0 Å². The second kappa shape index (κ2) is 6.49. The molecule has 0 aromatic heterocycles. The highest BCUT2D eigenvalue weighted by molar-refractivity contribution is 7.90. The molecule has 0 atom stereocenters. The molecule has 1 aromatic rings. The Morgan fingerprint density at radius 3 is 2.26 bits per heavy atom. The summed E-state index contributed by atoms with van der Waals surface area (Å²) in [5.41, 5.74) is 11.1. The average Bonchev–Trinajstić information content (AvgIpc) is 3.12. The highest BCUT2D eigenvalue weighted by Gasteiger charge is 2.25. The smallest absolute Gasteiger partial charge is 0.330 e. The minimum atomic E-state index is -3.63. The second-order valence-corrected chi connectivity index (χ2v) is 8.09. The molecule has 0 saturated heterocycles. The quantitative estimate of drug-likeness (QED) is 0.757. The standard InChI is InChI=1S/C16H23N3O3S/c17-8-3-9-23(21,22)19-16(20)18-15-13-6-1-4-11(13)10-12-5-2-7-14(12)15/h10H,1-9,17H2,(H2,18,19,20). The monoisotopic (exact) mass is 337 g/mol. The molecule has 6 nitrogen and oxygen atoms in total. The number of carbonyl (C=O) groups is 1. The van der Waals surface area contributed by atoms with Crippen LogP contribution in [0.3, 0.4) is 0 Å². The number of carbonyl (C=O) groups excluding carboxylic acids is 1. The fourth-order valence-electron chi connectivity index (χ4n) is 3.57. The zero-order valence-corrected chi connectivity index (χ0v) is 14.0. The first-order chi connectivity index (χ1) is 11.0. The van der Waals surface area contributed by atoms with Crippen LogP contribution >= 0.6 is 0 Å². The van der Waals surface area contributed by atoms with Crippen molar-refractivity contribution in [1.29, 1.82) is 0 Å². The Morgan fingerprint density at radius 2 is 1.70 bits per heavy atom. The minimum Gasteiger partial charge on any atom is -0.330 e. The summed E-state index contributed by atoms with van der Waals surface area (Å²) in [5.74, 6) is -0.137. The van der Waals surface area contributed by atoms with Crippen molar-refractivity contribution in [3.8, 4) is 0 Å². The van der Waals surface area contributed by atoms with Crippen LogP contribution in [0.2, 0.25) is 0 Å². The summed E-state index contributed by atoms with van der Waals surface area (Å²) in [5, 5.41) is 2.81. The third-order valence-electron chi connectivity index (χ3n) is 4.58. The van der Waals surface area contributed by atoms with Crippen molar-refractivity contribution < 1.29 is 13.2 Å². The lowest BCUT2D eigenvalue weighted by molar-refractivity contribution is 0.256. The summed E-state index contributed by atoms with van der Waals surface area (Å²) in [6, 6.07) is 1.60. The van der Waals surface area contributed by atoms with E-state index >= 15 is 0 Å². The number of fused-ring (bicyclic) bond motifs is 2. The van der Waals surface area contributed by atoms with E-state index in [1.54, 1.807) is 0 Å². The van der Waals surface area contributed by atoms with Gasteiger partial charge in [0.15, 0.2) is 0 Å². The summed E-state index contributed by atoms with van der Waals surface area (Å²) in [6.45, 7) is 0.280. The third kappa shape index (κ3) is 3.50. The second-order valence-electron chi connectivity index (χ2n) is 6.25. The Bertz CT molecular complexity index is 696. The van der Waals surface area contributed by atoms with E-state index in [1.165, 1.54) is 22.3 Å². The summed E-state index contributed by atoms with van der Waals surface area (Å²) in [6.07, 6.45) is 6.46. The molecule has 126 valence electrons. The Labute approximate surface area is 136 Å². The predicted molar refractivity (Wildman–Crippen MR) is 90.1 cm³/mol. The van der Waals surface area contributed by atoms with Gasteiger partial charge in [0.05, 0.1) is 5.75 Å². The topological polar surface area (TPSA) is 101 Å². The fourth-order valence-corrected chi connectivity index (χ4v) is 4.55. The van der Waals surface area contributed by atoms with E-state index in [9.17, 15) is 13.2 Å². The Morgan fingerprint density at radius 1 is 1.09 bits per heavy atom. The molecule has 2 aliphatic carbocycles. The first kappa shape index (κ1) is 16.3. The molecule has 7 heteroatoms. The van der Waals surface area contributed by atoms with E-state index in [4.69, 9.17) is 5.73 Å². The molecule has 0 heterocycles. The van der Waals surface area contributed by atoms with Crippen molar-refractivity contribution in [3.05, 3.63) is 28.3 Å². The SMILES string of the molecule is NCCCS(=O)(=O)NC(=O)Nc1c2c(cc3c1CCC3)CCC2. The van der Waals surface area contributed by atoms with Gasteiger partial charge < -0.3 is 11.1 Å². The lowest BCUT2D eigenvalue weighted by Gasteiger charge is -2.16. The molecule has 1 aromatic carbocycles. The molecule has 0 radical (unpaired) electrons. The van der Waals surface area contributed by atoms with Gasteiger partial charge in [-0.2, -0.15) is 0 Å². The van der Waals surface area contributed by atoms with Gasteiger partial charge in [0.1, 0.15) is 0 Å². The molecule has 0 unspecified atom stereocenters. The van der Waals surface area contributed by atoms with Gasteiger partial charge in [-0.25, -0.2) is 17.9 Å². The number of aryl methyl sites for hydroxylation is 2. The molecule has 2 aliphatic rings. The average molecular weight is 337 g/mol. The maximum atomic E-state index is 12.2. The van der Waals surface area contributed by atoms with Gasteiger partial charge in [0, 0.05) is 5.69 Å². The van der Waals surface area contributed by atoms with Crippen LogP contribution in [-0.4, -0.2) is 26.7 Å². The van der Waals surface area contributed by atoms with Gasteiger partial charge in [-0.05, 0) is 73.7 Å². The van der Waals surface area contributed by atoms with Gasteiger partial charge in [-0.1, -0.05) is 6.07 Å². The lowest BCUT2D eigenvalue weighted by atomic mass is 9.99. The van der Waals surface area contributed by atoms with Crippen LogP contribution in [0.1, 0.15) is 41.5 Å². The van der Waals surface area contributed by atoms with Crippen molar-refractivity contribution in [2.75, 3.05) is 17.6 Å². The fraction of sp³-hybridized carbons (Fsp3) is 0.562. The summed E-state index contributed by atoms with van der Waals surface area (Å²) in [7, 11) is -3.63. The molecule has 0 saturated carbocycles. The van der Waals surface area contributed by atoms with Crippen LogP contribution < -0.4 is 15.8 Å². The van der Waals surface area contributed by atoms with Crippen LogP contribution in [0.15, 0.2) is 6.07 Å². The van der Waals surface area contributed by atoms with E-state index < -0.39 is 16.1 Å². The maximum Gasteiger partial charge on any atom is 0.332 e. The van der Waals surface area contributed by atoms with Crippen molar-refractivity contribution in [3.63, 3.8) is 0 Å². The number of hydrogen-bond acceptors (Lipinski definition) is 4. The van der Waals surface area contributed by atoms with Gasteiger partial charge in [0.2, 0.25) is 10.0 Å². The number of rotatable bonds is 5. The number of hydrogen-bond donors (Lipinski definition) is 3. The van der Waals surface area contributed by atoms with E-state index in [0.717, 1.165) is 44.2 Å². The Kier molecular flexibility index (Phi) is 4.59. The molecule has 0 bridgehead atoms. The van der Waals surface area contributed by atoms with Gasteiger partial charge >= 0.3 is 6.03 Å². The molecular weight excluding hydrogens is 314 g/mol. The number of nitrogens with two attached hydrogens (primary N) is 1. The Balaban J connectivity index is 1.80. The number of amides is 2. The number of nitrogens with one attached hydrogen (secondary N) is 2. The predicted octanol–water partition coefficient (Wildman–Crippen LogP) is 1.46. The highest BCUT2D eigenvalue weighted by Crippen LogP contribution is 2.38. The number of urea groups is 1. The van der Waals surface area contributed by atoms with Gasteiger partial charge in [0.25, 0.3) is 0 Å². The zero-order chi connectivity index (χ0) is 16.4. The van der Waals surface area contributed by atoms with Gasteiger partial charge in [-0.3, -0.25) is 0 Å². The molecular formula is C16H23N3O3S. The molecule has 23 heavy (non-hydrogen) atoms. The third-order valence-corrected chi connectivity index (χ3v) is 5.90. The van der Waals surface area contributed by atoms with Crippen LogP contribution in [0, 0.1) is 0 Å². The largest absolute Gasteiger partial charge is 0.332 e. The van der Waals surface area contributed by atoms with E-state index in [0.29, 0.717) is 6.42 Å². The maximum absolute atomic E-state index is 12.2. The normalized spacial score (nSPS) is 16.0. The Hall–Kier alpha value is -1.60. The number of anilines is 1.